The molecule has 0 saturated carbocycles. The van der Waals surface area contributed by atoms with Crippen LogP contribution in [0.1, 0.15) is 12.5 Å². The first-order chi connectivity index (χ1) is 15.1. The number of nitrogens with one attached hydrogen (secondary N) is 3. The van der Waals surface area contributed by atoms with Gasteiger partial charge in [0, 0.05) is 52.8 Å². The molecule has 3 amide bonds. The molecule has 156 valence electrons. The Morgan fingerprint density at radius 1 is 0.871 bits per heavy atom. The molecule has 6 nitrogen and oxygen atoms in total. The highest BCUT2D eigenvalue weighted by Crippen LogP contribution is 2.30. The smallest absolute Gasteiger partial charge is 0.318 e. The largest absolute Gasteiger partial charge is 0.341 e. The van der Waals surface area contributed by atoms with Crippen molar-refractivity contribution in [1.29, 1.82) is 0 Å². The van der Waals surface area contributed by atoms with E-state index in [1.54, 1.807) is 31.3 Å². The molecular formula is C25H24N4O2. The molecule has 6 heteroatoms. The number of urea groups is 1. The molecule has 0 aliphatic heterocycles. The second-order valence-corrected chi connectivity index (χ2v) is 7.14. The Labute approximate surface area is 180 Å². The van der Waals surface area contributed by atoms with E-state index in [1.807, 2.05) is 18.2 Å². The minimum absolute atomic E-state index is 0.219. The summed E-state index contributed by atoms with van der Waals surface area (Å²) in [6.45, 7) is 3.05. The Kier molecular flexibility index (Phi) is 5.71. The van der Waals surface area contributed by atoms with Crippen molar-refractivity contribution in [3.8, 4) is 0 Å². The zero-order valence-electron chi connectivity index (χ0n) is 17.5. The number of anilines is 2. The second-order valence-electron chi connectivity index (χ2n) is 7.14. The number of para-hydroxylation sites is 1. The molecular weight excluding hydrogens is 388 g/mol. The number of carbonyl (C=O) groups excluding carboxylic acids is 2. The third kappa shape index (κ3) is 4.28. The summed E-state index contributed by atoms with van der Waals surface area (Å²) in [7, 11) is 1.55. The molecule has 0 radical (unpaired) electrons. The number of hydrogen-bond acceptors (Lipinski definition) is 2. The number of hydrogen-bond donors (Lipinski definition) is 3. The fourth-order valence-corrected chi connectivity index (χ4v) is 3.70. The lowest BCUT2D eigenvalue weighted by Crippen LogP contribution is -2.24. The highest BCUT2D eigenvalue weighted by Gasteiger charge is 2.09. The monoisotopic (exact) mass is 412 g/mol. The molecule has 1 aromatic heterocycles. The maximum Gasteiger partial charge on any atom is 0.318 e. The Balaban J connectivity index is 1.50. The molecule has 0 aliphatic rings. The van der Waals surface area contributed by atoms with Crippen molar-refractivity contribution < 1.29 is 9.59 Å². The lowest BCUT2D eigenvalue weighted by Gasteiger charge is -2.06. The Bertz CT molecular complexity index is 1290. The minimum Gasteiger partial charge on any atom is -0.341 e. The molecule has 0 spiro atoms. The molecule has 0 unspecified atom stereocenters. The van der Waals surface area contributed by atoms with Gasteiger partial charge < -0.3 is 20.5 Å². The van der Waals surface area contributed by atoms with Gasteiger partial charge in [0.2, 0.25) is 5.91 Å². The van der Waals surface area contributed by atoms with Gasteiger partial charge in [-0.3, -0.25) is 4.79 Å². The van der Waals surface area contributed by atoms with Crippen molar-refractivity contribution in [2.24, 2.45) is 0 Å². The second kappa shape index (κ2) is 8.75. The van der Waals surface area contributed by atoms with Crippen LogP contribution in [0.4, 0.5) is 16.2 Å². The SMILES string of the molecule is CCn1c2ccccc2c2cc(/C=C/C(=O)Nc3ccc(NC(=O)NC)cc3)ccc21. The number of nitrogens with zero attached hydrogens (tertiary/aromatic N) is 1. The molecule has 0 atom stereocenters. The van der Waals surface area contributed by atoms with Crippen molar-refractivity contribution in [2.45, 2.75) is 13.5 Å². The van der Waals surface area contributed by atoms with E-state index < -0.39 is 0 Å². The Morgan fingerprint density at radius 3 is 2.26 bits per heavy atom. The summed E-state index contributed by atoms with van der Waals surface area (Å²) in [5.41, 5.74) is 4.67. The number of benzene rings is 3. The predicted molar refractivity (Wildman–Crippen MR) is 127 cm³/mol. The minimum atomic E-state index is -0.293. The third-order valence-electron chi connectivity index (χ3n) is 5.18. The van der Waals surface area contributed by atoms with Gasteiger partial charge in [-0.1, -0.05) is 24.3 Å². The maximum absolute atomic E-state index is 12.3. The standard InChI is InChI=1S/C25H24N4O2/c1-3-29-22-7-5-4-6-20(22)21-16-17(8-14-23(21)29)9-15-24(30)27-18-10-12-19(13-11-18)28-25(31)26-2/h4-16H,3H2,1-2H3,(H,27,30)(H2,26,28,31)/b15-9+. The topological polar surface area (TPSA) is 75.2 Å². The first-order valence-electron chi connectivity index (χ1n) is 10.2. The van der Waals surface area contributed by atoms with Gasteiger partial charge in [-0.05, 0) is 61.0 Å². The summed E-state index contributed by atoms with van der Waals surface area (Å²) in [4.78, 5) is 23.7. The van der Waals surface area contributed by atoms with Crippen molar-refractivity contribution in [2.75, 3.05) is 17.7 Å². The number of amides is 3. The summed E-state index contributed by atoms with van der Waals surface area (Å²) in [6.07, 6.45) is 3.34. The first kappa shape index (κ1) is 20.2. The summed E-state index contributed by atoms with van der Waals surface area (Å²) < 4.78 is 2.30. The number of aryl methyl sites for hydroxylation is 1. The molecule has 0 aliphatic carbocycles. The molecule has 0 saturated heterocycles. The zero-order chi connectivity index (χ0) is 21.8. The highest BCUT2D eigenvalue weighted by atomic mass is 16.2. The van der Waals surface area contributed by atoms with Crippen LogP contribution >= 0.6 is 0 Å². The van der Waals surface area contributed by atoms with E-state index >= 15 is 0 Å². The van der Waals surface area contributed by atoms with Crippen LogP contribution in [0.15, 0.2) is 72.8 Å². The first-order valence-corrected chi connectivity index (χ1v) is 10.2. The van der Waals surface area contributed by atoms with E-state index in [2.05, 4.69) is 57.8 Å². The molecule has 0 fully saturated rings. The van der Waals surface area contributed by atoms with Gasteiger partial charge in [-0.25, -0.2) is 4.79 Å². The number of carbonyl (C=O) groups is 2. The van der Waals surface area contributed by atoms with Gasteiger partial charge in [0.25, 0.3) is 0 Å². The van der Waals surface area contributed by atoms with Crippen LogP contribution in [0.5, 0.6) is 0 Å². The van der Waals surface area contributed by atoms with Crippen LogP contribution in [0, 0.1) is 0 Å². The van der Waals surface area contributed by atoms with E-state index in [0.29, 0.717) is 11.4 Å². The average molecular weight is 412 g/mol. The van der Waals surface area contributed by atoms with Crippen LogP contribution < -0.4 is 16.0 Å². The van der Waals surface area contributed by atoms with Crippen molar-refractivity contribution >= 4 is 51.2 Å². The molecule has 3 aromatic carbocycles. The Morgan fingerprint density at radius 2 is 1.55 bits per heavy atom. The van der Waals surface area contributed by atoms with Gasteiger partial charge in [0.05, 0.1) is 0 Å². The molecule has 3 N–H and O–H groups in total. The number of aromatic nitrogens is 1. The molecule has 0 bridgehead atoms. The third-order valence-corrected chi connectivity index (χ3v) is 5.18. The normalized spacial score (nSPS) is 11.2. The molecule has 1 heterocycles. The highest BCUT2D eigenvalue weighted by molar-refractivity contribution is 6.09. The predicted octanol–water partition coefficient (Wildman–Crippen LogP) is 5.22. The van der Waals surface area contributed by atoms with Crippen LogP contribution in [0.3, 0.4) is 0 Å². The van der Waals surface area contributed by atoms with E-state index in [0.717, 1.165) is 12.1 Å². The van der Waals surface area contributed by atoms with E-state index in [1.165, 1.54) is 27.9 Å². The number of fused-ring (bicyclic) bond motifs is 3. The lowest BCUT2D eigenvalue weighted by molar-refractivity contribution is -0.111. The lowest BCUT2D eigenvalue weighted by atomic mass is 10.1. The van der Waals surface area contributed by atoms with Crippen molar-refractivity contribution in [3.05, 3.63) is 78.4 Å². The molecule has 31 heavy (non-hydrogen) atoms. The molecule has 4 aromatic rings. The fourth-order valence-electron chi connectivity index (χ4n) is 3.70. The van der Waals surface area contributed by atoms with Crippen molar-refractivity contribution in [3.63, 3.8) is 0 Å². The van der Waals surface area contributed by atoms with Crippen LogP contribution in [-0.2, 0) is 11.3 Å². The summed E-state index contributed by atoms with van der Waals surface area (Å²) in [5, 5.41) is 10.4. The van der Waals surface area contributed by atoms with Gasteiger partial charge in [-0.15, -0.1) is 0 Å². The van der Waals surface area contributed by atoms with Gasteiger partial charge in [-0.2, -0.15) is 0 Å². The number of rotatable bonds is 5. The van der Waals surface area contributed by atoms with Gasteiger partial charge >= 0.3 is 6.03 Å². The van der Waals surface area contributed by atoms with E-state index in [9.17, 15) is 9.59 Å². The summed E-state index contributed by atoms with van der Waals surface area (Å²) >= 11 is 0. The summed E-state index contributed by atoms with van der Waals surface area (Å²) in [5.74, 6) is -0.219. The van der Waals surface area contributed by atoms with Gasteiger partial charge in [0.15, 0.2) is 0 Å². The van der Waals surface area contributed by atoms with E-state index in [-0.39, 0.29) is 11.9 Å². The fraction of sp³-hybridized carbons (Fsp3) is 0.120. The van der Waals surface area contributed by atoms with Gasteiger partial charge in [0.1, 0.15) is 0 Å². The van der Waals surface area contributed by atoms with Crippen LogP contribution in [0.25, 0.3) is 27.9 Å². The quantitative estimate of drug-likeness (QED) is 0.393. The van der Waals surface area contributed by atoms with Crippen LogP contribution in [-0.4, -0.2) is 23.6 Å². The Hall–Kier alpha value is -4.06. The van der Waals surface area contributed by atoms with Crippen LogP contribution in [0.2, 0.25) is 0 Å². The van der Waals surface area contributed by atoms with E-state index in [4.69, 9.17) is 0 Å². The molecule has 4 rings (SSSR count). The summed E-state index contributed by atoms with van der Waals surface area (Å²) in [6, 6.07) is 21.3. The maximum atomic E-state index is 12.3. The average Bonchev–Trinajstić information content (AvgIpc) is 3.12. The zero-order valence-corrected chi connectivity index (χ0v) is 17.5. The van der Waals surface area contributed by atoms with Crippen molar-refractivity contribution in [1.82, 2.24) is 9.88 Å².